The summed E-state index contributed by atoms with van der Waals surface area (Å²) in [6.45, 7) is 6.40. The molecule has 7 nitrogen and oxygen atoms in total. The topological polar surface area (TPSA) is 75.2 Å². The number of hydrogen-bond donors (Lipinski definition) is 2. The fraction of sp³-hybridized carbons (Fsp3) is 0.579. The lowest BCUT2D eigenvalue weighted by atomic mass is 10.2. The van der Waals surface area contributed by atoms with Crippen LogP contribution in [0.3, 0.4) is 0 Å². The number of carbonyl (C=O) groups excluding carboxylic acids is 1. The lowest BCUT2D eigenvalue weighted by Crippen LogP contribution is -2.44. The quantitative estimate of drug-likeness (QED) is 0.394. The molecule has 1 aromatic carbocycles. The number of guanidine groups is 1. The molecule has 26 heavy (non-hydrogen) atoms. The van der Waals surface area contributed by atoms with Gasteiger partial charge in [0.05, 0.1) is 19.7 Å². The Hall–Kier alpha value is -2.28. The van der Waals surface area contributed by atoms with Crippen molar-refractivity contribution in [1.82, 2.24) is 15.5 Å². The number of amides is 1. The van der Waals surface area contributed by atoms with E-state index in [1.54, 1.807) is 7.11 Å². The highest BCUT2D eigenvalue weighted by Gasteiger charge is 2.17. The Kier molecular flexibility index (Phi) is 8.75. The average molecular weight is 362 g/mol. The molecule has 2 N–H and O–H groups in total. The Morgan fingerprint density at radius 1 is 1.15 bits per heavy atom. The van der Waals surface area contributed by atoms with Gasteiger partial charge in [0.2, 0.25) is 5.91 Å². The van der Waals surface area contributed by atoms with Crippen LogP contribution in [-0.4, -0.2) is 63.3 Å². The van der Waals surface area contributed by atoms with Gasteiger partial charge in [-0.15, -0.1) is 0 Å². The zero-order valence-corrected chi connectivity index (χ0v) is 15.8. The summed E-state index contributed by atoms with van der Waals surface area (Å²) >= 11 is 0. The summed E-state index contributed by atoms with van der Waals surface area (Å²) in [6.07, 6.45) is 2.20. The fourth-order valence-electron chi connectivity index (χ4n) is 2.68. The zero-order chi connectivity index (χ0) is 18.6. The van der Waals surface area contributed by atoms with Crippen LogP contribution in [0, 0.1) is 0 Å². The van der Waals surface area contributed by atoms with Gasteiger partial charge in [0.1, 0.15) is 12.4 Å². The van der Waals surface area contributed by atoms with Crippen LogP contribution < -0.4 is 15.4 Å². The summed E-state index contributed by atoms with van der Waals surface area (Å²) in [6, 6.07) is 7.84. The van der Waals surface area contributed by atoms with Gasteiger partial charge in [-0.3, -0.25) is 4.79 Å². The molecule has 0 aromatic heterocycles. The maximum atomic E-state index is 12.1. The van der Waals surface area contributed by atoms with E-state index in [9.17, 15) is 4.79 Å². The number of nitrogens with one attached hydrogen (secondary N) is 2. The van der Waals surface area contributed by atoms with Gasteiger partial charge in [-0.25, -0.2) is 4.99 Å². The van der Waals surface area contributed by atoms with Crippen molar-refractivity contribution < 1.29 is 14.3 Å². The Morgan fingerprint density at radius 3 is 2.54 bits per heavy atom. The second-order valence-corrected chi connectivity index (χ2v) is 6.12. The number of likely N-dealkylation sites (tertiary alicyclic amines) is 1. The molecule has 1 fully saturated rings. The second-order valence-electron chi connectivity index (χ2n) is 6.12. The highest BCUT2D eigenvalue weighted by Crippen LogP contribution is 2.12. The third kappa shape index (κ3) is 6.92. The molecule has 1 saturated heterocycles. The molecular formula is C19H30N4O3. The van der Waals surface area contributed by atoms with E-state index in [1.165, 1.54) is 0 Å². The molecule has 0 spiro atoms. The predicted molar refractivity (Wildman–Crippen MR) is 102 cm³/mol. The average Bonchev–Trinajstić information content (AvgIpc) is 3.20. The van der Waals surface area contributed by atoms with Crippen LogP contribution in [0.4, 0.5) is 0 Å². The number of methoxy groups -OCH3 is 1. The fourth-order valence-corrected chi connectivity index (χ4v) is 2.68. The van der Waals surface area contributed by atoms with Crippen LogP contribution in [0.5, 0.6) is 5.75 Å². The summed E-state index contributed by atoms with van der Waals surface area (Å²) in [7, 11) is 1.65. The molecule has 0 atom stereocenters. The minimum absolute atomic E-state index is 0.130. The van der Waals surface area contributed by atoms with Gasteiger partial charge in [-0.2, -0.15) is 0 Å². The highest BCUT2D eigenvalue weighted by atomic mass is 16.5. The number of carbonyl (C=O) groups is 1. The number of aliphatic imine (C=N–C) groups is 1. The summed E-state index contributed by atoms with van der Waals surface area (Å²) in [4.78, 5) is 18.6. The number of hydrogen-bond acceptors (Lipinski definition) is 4. The smallest absolute Gasteiger partial charge is 0.241 e. The molecule has 1 aliphatic heterocycles. The van der Waals surface area contributed by atoms with Crippen LogP contribution in [0.1, 0.15) is 25.3 Å². The highest BCUT2D eigenvalue weighted by molar-refractivity contribution is 5.86. The van der Waals surface area contributed by atoms with Crippen molar-refractivity contribution in [3.8, 4) is 5.75 Å². The number of ether oxygens (including phenoxy) is 2. The molecule has 144 valence electrons. The van der Waals surface area contributed by atoms with Gasteiger partial charge in [-0.1, -0.05) is 12.1 Å². The molecule has 1 aromatic rings. The molecule has 1 heterocycles. The Balaban J connectivity index is 1.82. The van der Waals surface area contributed by atoms with Crippen molar-refractivity contribution in [2.75, 3.05) is 46.5 Å². The minimum atomic E-state index is 0.130. The zero-order valence-electron chi connectivity index (χ0n) is 15.8. The first-order chi connectivity index (χ1) is 12.7. The van der Waals surface area contributed by atoms with Crippen molar-refractivity contribution in [3.63, 3.8) is 0 Å². The molecule has 0 radical (unpaired) electrons. The summed E-state index contributed by atoms with van der Waals surface area (Å²) in [5.41, 5.74) is 1.08. The van der Waals surface area contributed by atoms with E-state index < -0.39 is 0 Å². The van der Waals surface area contributed by atoms with Crippen molar-refractivity contribution >= 4 is 11.9 Å². The number of rotatable bonds is 9. The van der Waals surface area contributed by atoms with E-state index in [0.29, 0.717) is 25.7 Å². The second kappa shape index (κ2) is 11.4. The largest absolute Gasteiger partial charge is 0.491 e. The lowest BCUT2D eigenvalue weighted by Gasteiger charge is -2.17. The van der Waals surface area contributed by atoms with Gasteiger partial charge in [0, 0.05) is 26.7 Å². The SMILES string of the molecule is CCNC(=NCc1ccc(OCCOC)cc1)NCC(=O)N1CCCC1. The molecule has 1 amide bonds. The van der Waals surface area contributed by atoms with Crippen LogP contribution in [-0.2, 0) is 16.1 Å². The van der Waals surface area contributed by atoms with E-state index in [-0.39, 0.29) is 12.5 Å². The first-order valence-corrected chi connectivity index (χ1v) is 9.23. The van der Waals surface area contributed by atoms with Gasteiger partial charge < -0.3 is 25.0 Å². The van der Waals surface area contributed by atoms with Crippen LogP contribution >= 0.6 is 0 Å². The van der Waals surface area contributed by atoms with Gasteiger partial charge in [0.25, 0.3) is 0 Å². The van der Waals surface area contributed by atoms with E-state index in [1.807, 2.05) is 36.1 Å². The van der Waals surface area contributed by atoms with Crippen molar-refractivity contribution in [3.05, 3.63) is 29.8 Å². The molecule has 0 bridgehead atoms. The van der Waals surface area contributed by atoms with E-state index in [2.05, 4.69) is 15.6 Å². The normalized spacial score (nSPS) is 14.4. The maximum absolute atomic E-state index is 12.1. The summed E-state index contributed by atoms with van der Waals surface area (Å²) in [5, 5.41) is 6.30. The molecule has 2 rings (SSSR count). The minimum Gasteiger partial charge on any atom is -0.491 e. The summed E-state index contributed by atoms with van der Waals surface area (Å²) < 4.78 is 10.5. The van der Waals surface area contributed by atoms with Crippen molar-refractivity contribution in [2.45, 2.75) is 26.3 Å². The van der Waals surface area contributed by atoms with Crippen LogP contribution in [0.2, 0.25) is 0 Å². The molecule has 0 saturated carbocycles. The first-order valence-electron chi connectivity index (χ1n) is 9.23. The van der Waals surface area contributed by atoms with Gasteiger partial charge >= 0.3 is 0 Å². The molecule has 0 unspecified atom stereocenters. The molecular weight excluding hydrogens is 332 g/mol. The number of benzene rings is 1. The van der Waals surface area contributed by atoms with Gasteiger partial charge in [0.15, 0.2) is 5.96 Å². The third-order valence-corrected chi connectivity index (χ3v) is 4.11. The molecule has 1 aliphatic rings. The Morgan fingerprint density at radius 2 is 1.88 bits per heavy atom. The van der Waals surface area contributed by atoms with E-state index in [0.717, 1.165) is 43.8 Å². The summed E-state index contributed by atoms with van der Waals surface area (Å²) in [5.74, 6) is 1.60. The maximum Gasteiger partial charge on any atom is 0.241 e. The monoisotopic (exact) mass is 362 g/mol. The van der Waals surface area contributed by atoms with Crippen molar-refractivity contribution in [2.24, 2.45) is 4.99 Å². The first kappa shape index (κ1) is 20.0. The standard InChI is InChI=1S/C19H30N4O3/c1-3-20-19(22-15-18(24)23-10-4-5-11-23)21-14-16-6-8-17(9-7-16)26-13-12-25-2/h6-9H,3-5,10-15H2,1-2H3,(H2,20,21,22). The van der Waals surface area contributed by atoms with Crippen molar-refractivity contribution in [1.29, 1.82) is 0 Å². The molecule has 7 heteroatoms. The Bertz CT molecular complexity index is 569. The number of nitrogens with zero attached hydrogens (tertiary/aromatic N) is 2. The lowest BCUT2D eigenvalue weighted by molar-refractivity contribution is -0.128. The third-order valence-electron chi connectivity index (χ3n) is 4.11. The van der Waals surface area contributed by atoms with E-state index in [4.69, 9.17) is 9.47 Å². The predicted octanol–water partition coefficient (Wildman–Crippen LogP) is 1.39. The van der Waals surface area contributed by atoms with Gasteiger partial charge in [-0.05, 0) is 37.5 Å². The Labute approximate surface area is 155 Å². The van der Waals surface area contributed by atoms with E-state index >= 15 is 0 Å². The van der Waals surface area contributed by atoms with Crippen LogP contribution in [0.25, 0.3) is 0 Å². The molecule has 0 aliphatic carbocycles. The van der Waals surface area contributed by atoms with Crippen LogP contribution in [0.15, 0.2) is 29.3 Å².